The van der Waals surface area contributed by atoms with Gasteiger partial charge in [-0.3, -0.25) is 0 Å². The van der Waals surface area contributed by atoms with Gasteiger partial charge in [0.25, 0.3) is 0 Å². The quantitative estimate of drug-likeness (QED) is 0.909. The van der Waals surface area contributed by atoms with E-state index in [1.807, 2.05) is 32.0 Å². The molecule has 2 aromatic rings. The number of rotatable bonds is 3. The van der Waals surface area contributed by atoms with E-state index in [1.165, 1.54) is 6.07 Å². The summed E-state index contributed by atoms with van der Waals surface area (Å²) >= 11 is 0. The summed E-state index contributed by atoms with van der Waals surface area (Å²) in [5.41, 5.74) is 9.14. The lowest BCUT2D eigenvalue weighted by Crippen LogP contribution is -2.05. The van der Waals surface area contributed by atoms with Gasteiger partial charge in [-0.1, -0.05) is 12.1 Å². The second-order valence-corrected chi connectivity index (χ2v) is 4.71. The summed E-state index contributed by atoms with van der Waals surface area (Å²) in [5.74, 6) is 0.557. The molecule has 0 heterocycles. The molecular weight excluding hydrogens is 241 g/mol. The predicted octanol–water partition coefficient (Wildman–Crippen LogP) is 3.83. The smallest absolute Gasteiger partial charge is 0.131 e. The Bertz CT molecular complexity index is 593. The van der Waals surface area contributed by atoms with Crippen molar-refractivity contribution in [3.8, 4) is 16.9 Å². The highest BCUT2D eigenvalue weighted by atomic mass is 19.1. The first kappa shape index (κ1) is 13.6. The lowest BCUT2D eigenvalue weighted by molar-refractivity contribution is 0.412. The van der Waals surface area contributed by atoms with Gasteiger partial charge in [-0.15, -0.1) is 0 Å². The first-order valence-corrected chi connectivity index (χ1v) is 6.23. The van der Waals surface area contributed by atoms with Gasteiger partial charge in [0, 0.05) is 11.6 Å². The molecule has 1 unspecified atom stereocenters. The van der Waals surface area contributed by atoms with Gasteiger partial charge < -0.3 is 10.5 Å². The van der Waals surface area contributed by atoms with Crippen LogP contribution in [-0.4, -0.2) is 7.11 Å². The van der Waals surface area contributed by atoms with Crippen molar-refractivity contribution in [1.82, 2.24) is 0 Å². The topological polar surface area (TPSA) is 35.2 Å². The zero-order valence-electron chi connectivity index (χ0n) is 11.4. The minimum atomic E-state index is -0.242. The molecule has 3 heteroatoms. The zero-order chi connectivity index (χ0) is 14.0. The molecule has 0 aliphatic rings. The van der Waals surface area contributed by atoms with E-state index in [9.17, 15) is 4.39 Å². The van der Waals surface area contributed by atoms with Crippen molar-refractivity contribution in [2.45, 2.75) is 19.9 Å². The van der Waals surface area contributed by atoms with Gasteiger partial charge in [0.05, 0.1) is 7.11 Å². The minimum Gasteiger partial charge on any atom is -0.496 e. The van der Waals surface area contributed by atoms with E-state index < -0.39 is 0 Å². The number of hydrogen-bond acceptors (Lipinski definition) is 2. The Kier molecular flexibility index (Phi) is 3.86. The van der Waals surface area contributed by atoms with Crippen LogP contribution in [0, 0.1) is 12.7 Å². The van der Waals surface area contributed by atoms with Gasteiger partial charge in [-0.2, -0.15) is 0 Å². The Balaban J connectivity index is 2.51. The Morgan fingerprint density at radius 3 is 2.47 bits per heavy atom. The molecule has 0 aliphatic heterocycles. The van der Waals surface area contributed by atoms with Gasteiger partial charge >= 0.3 is 0 Å². The average molecular weight is 259 g/mol. The van der Waals surface area contributed by atoms with Crippen LogP contribution in [0.15, 0.2) is 36.4 Å². The van der Waals surface area contributed by atoms with Gasteiger partial charge in [0.1, 0.15) is 11.6 Å². The van der Waals surface area contributed by atoms with Gasteiger partial charge in [-0.05, 0) is 54.8 Å². The molecule has 0 aromatic heterocycles. The maximum Gasteiger partial charge on any atom is 0.131 e. The van der Waals surface area contributed by atoms with Crippen molar-refractivity contribution in [2.75, 3.05) is 7.11 Å². The van der Waals surface area contributed by atoms with Crippen molar-refractivity contribution in [3.05, 3.63) is 53.3 Å². The molecule has 2 aromatic carbocycles. The number of benzene rings is 2. The van der Waals surface area contributed by atoms with Gasteiger partial charge in [-0.25, -0.2) is 4.39 Å². The Morgan fingerprint density at radius 2 is 1.89 bits per heavy atom. The molecule has 0 radical (unpaired) electrons. The van der Waals surface area contributed by atoms with Crippen LogP contribution >= 0.6 is 0 Å². The number of methoxy groups -OCH3 is 1. The van der Waals surface area contributed by atoms with Crippen molar-refractivity contribution >= 4 is 0 Å². The van der Waals surface area contributed by atoms with E-state index in [2.05, 4.69) is 0 Å². The summed E-state index contributed by atoms with van der Waals surface area (Å²) in [4.78, 5) is 0. The third kappa shape index (κ3) is 2.76. The molecule has 19 heavy (non-hydrogen) atoms. The monoisotopic (exact) mass is 259 g/mol. The summed E-state index contributed by atoms with van der Waals surface area (Å²) < 4.78 is 19.2. The van der Waals surface area contributed by atoms with Crippen LogP contribution < -0.4 is 10.5 Å². The van der Waals surface area contributed by atoms with Crippen LogP contribution in [0.5, 0.6) is 5.75 Å². The highest BCUT2D eigenvalue weighted by Crippen LogP contribution is 2.29. The van der Waals surface area contributed by atoms with Crippen molar-refractivity contribution in [3.63, 3.8) is 0 Å². The lowest BCUT2D eigenvalue weighted by Gasteiger charge is -2.11. The van der Waals surface area contributed by atoms with E-state index in [0.717, 1.165) is 22.4 Å². The SMILES string of the molecule is COc1ccc(-c2cc(C(C)N)ccc2F)cc1C. The standard InChI is InChI=1S/C16H18FNO/c1-10-8-13(5-7-16(10)19-3)14-9-12(11(2)18)4-6-15(14)17/h4-9,11H,18H2,1-3H3. The molecule has 2 rings (SSSR count). The highest BCUT2D eigenvalue weighted by Gasteiger charge is 2.10. The van der Waals surface area contributed by atoms with E-state index in [-0.39, 0.29) is 11.9 Å². The highest BCUT2D eigenvalue weighted by molar-refractivity contribution is 5.67. The Morgan fingerprint density at radius 1 is 1.16 bits per heavy atom. The van der Waals surface area contributed by atoms with E-state index in [1.54, 1.807) is 19.2 Å². The van der Waals surface area contributed by atoms with Crippen LogP contribution in [-0.2, 0) is 0 Å². The molecule has 0 saturated carbocycles. The molecule has 0 bridgehead atoms. The minimum absolute atomic E-state index is 0.112. The van der Waals surface area contributed by atoms with Crippen LogP contribution in [0.1, 0.15) is 24.1 Å². The third-order valence-electron chi connectivity index (χ3n) is 3.22. The number of halogens is 1. The van der Waals surface area contributed by atoms with E-state index in [4.69, 9.17) is 10.5 Å². The molecule has 2 nitrogen and oxygen atoms in total. The number of hydrogen-bond donors (Lipinski definition) is 1. The summed E-state index contributed by atoms with van der Waals surface area (Å²) in [5, 5.41) is 0. The van der Waals surface area contributed by atoms with Crippen LogP contribution in [0.2, 0.25) is 0 Å². The van der Waals surface area contributed by atoms with E-state index in [0.29, 0.717) is 5.56 Å². The summed E-state index contributed by atoms with van der Waals surface area (Å²) in [7, 11) is 1.62. The van der Waals surface area contributed by atoms with Crippen LogP contribution in [0.4, 0.5) is 4.39 Å². The fourth-order valence-electron chi connectivity index (χ4n) is 2.09. The average Bonchev–Trinajstić information content (AvgIpc) is 2.38. The second kappa shape index (κ2) is 5.41. The fraction of sp³-hybridized carbons (Fsp3) is 0.250. The molecule has 0 amide bonds. The lowest BCUT2D eigenvalue weighted by atomic mass is 9.98. The van der Waals surface area contributed by atoms with Crippen LogP contribution in [0.3, 0.4) is 0 Å². The zero-order valence-corrected chi connectivity index (χ0v) is 11.4. The normalized spacial score (nSPS) is 12.3. The Hall–Kier alpha value is -1.87. The number of aryl methyl sites for hydroxylation is 1. The molecule has 100 valence electrons. The maximum absolute atomic E-state index is 14.0. The summed E-state index contributed by atoms with van der Waals surface area (Å²) in [6.07, 6.45) is 0. The van der Waals surface area contributed by atoms with Crippen molar-refractivity contribution in [1.29, 1.82) is 0 Å². The largest absolute Gasteiger partial charge is 0.496 e. The van der Waals surface area contributed by atoms with Crippen molar-refractivity contribution < 1.29 is 9.13 Å². The molecule has 2 N–H and O–H groups in total. The second-order valence-electron chi connectivity index (χ2n) is 4.71. The Labute approximate surface area is 113 Å². The van der Waals surface area contributed by atoms with Crippen LogP contribution in [0.25, 0.3) is 11.1 Å². The number of nitrogens with two attached hydrogens (primary N) is 1. The predicted molar refractivity (Wildman–Crippen MR) is 75.7 cm³/mol. The first-order chi connectivity index (χ1) is 9.02. The third-order valence-corrected chi connectivity index (χ3v) is 3.22. The van der Waals surface area contributed by atoms with Gasteiger partial charge in [0.15, 0.2) is 0 Å². The summed E-state index contributed by atoms with van der Waals surface area (Å²) in [6.45, 7) is 3.83. The molecular formula is C16H18FNO. The van der Waals surface area contributed by atoms with Gasteiger partial charge in [0.2, 0.25) is 0 Å². The summed E-state index contributed by atoms with van der Waals surface area (Å²) in [6, 6.07) is 10.5. The molecule has 0 spiro atoms. The molecule has 1 atom stereocenters. The molecule has 0 aliphatic carbocycles. The fourth-order valence-corrected chi connectivity index (χ4v) is 2.09. The maximum atomic E-state index is 14.0. The van der Waals surface area contributed by atoms with E-state index >= 15 is 0 Å². The molecule has 0 saturated heterocycles. The van der Waals surface area contributed by atoms with Crippen molar-refractivity contribution in [2.24, 2.45) is 5.73 Å². The first-order valence-electron chi connectivity index (χ1n) is 6.23. The number of ether oxygens (including phenoxy) is 1. The molecule has 0 fully saturated rings.